The summed E-state index contributed by atoms with van der Waals surface area (Å²) in [6, 6.07) is 6.01. The van der Waals surface area contributed by atoms with Gasteiger partial charge >= 0.3 is 0 Å². The molecular weight excluding hydrogens is 218 g/mol. The third kappa shape index (κ3) is 2.43. The molecular formula is C12H19N3S. The lowest BCUT2D eigenvalue weighted by atomic mass is 9.84. The Bertz CT molecular complexity index is 344. The predicted molar refractivity (Wildman–Crippen MR) is 72.4 cm³/mol. The Morgan fingerprint density at radius 3 is 2.69 bits per heavy atom. The first-order valence-corrected chi connectivity index (χ1v) is 6.94. The molecule has 4 heteroatoms. The lowest BCUT2D eigenvalue weighted by Crippen LogP contribution is -2.40. The Morgan fingerprint density at radius 2 is 2.12 bits per heavy atom. The molecule has 3 nitrogen and oxygen atoms in total. The van der Waals surface area contributed by atoms with Crippen LogP contribution < -0.4 is 10.6 Å². The molecule has 1 aromatic rings. The summed E-state index contributed by atoms with van der Waals surface area (Å²) in [4.78, 5) is 4.46. The number of thioether (sulfide) groups is 1. The van der Waals surface area contributed by atoms with Crippen LogP contribution in [0.1, 0.15) is 19.3 Å². The van der Waals surface area contributed by atoms with Gasteiger partial charge in [0.05, 0.1) is 0 Å². The molecule has 1 aliphatic rings. The molecule has 0 spiro atoms. The van der Waals surface area contributed by atoms with Crippen LogP contribution in [0.25, 0.3) is 0 Å². The number of anilines is 2. The van der Waals surface area contributed by atoms with E-state index >= 15 is 0 Å². The molecule has 0 aliphatic heterocycles. The van der Waals surface area contributed by atoms with E-state index in [1.807, 2.05) is 37.0 Å². The first-order valence-electron chi connectivity index (χ1n) is 5.72. The van der Waals surface area contributed by atoms with Gasteiger partial charge in [-0.2, -0.15) is 11.8 Å². The fourth-order valence-electron chi connectivity index (χ4n) is 1.95. The standard InChI is InChI=1S/C12H19N3S/c1-13-10-5-3-6-11(15-10)14-9-12(16-2)7-4-8-12/h3,5-6H,4,7-9H2,1-2H3,(H2,13,14,15). The summed E-state index contributed by atoms with van der Waals surface area (Å²) < 4.78 is 0.456. The highest BCUT2D eigenvalue weighted by Crippen LogP contribution is 2.42. The number of nitrogens with zero attached hydrogens (tertiary/aromatic N) is 1. The Kier molecular flexibility index (Phi) is 3.59. The molecule has 2 rings (SSSR count). The van der Waals surface area contributed by atoms with E-state index in [0.717, 1.165) is 18.2 Å². The molecule has 0 unspecified atom stereocenters. The van der Waals surface area contributed by atoms with E-state index in [1.54, 1.807) is 0 Å². The van der Waals surface area contributed by atoms with Gasteiger partial charge in [0.25, 0.3) is 0 Å². The summed E-state index contributed by atoms with van der Waals surface area (Å²) in [5, 5.41) is 6.49. The zero-order valence-corrected chi connectivity index (χ0v) is 10.7. The van der Waals surface area contributed by atoms with Crippen molar-refractivity contribution >= 4 is 23.4 Å². The first-order chi connectivity index (χ1) is 7.78. The Labute approximate surface area is 101 Å². The zero-order chi connectivity index (χ0) is 11.4. The van der Waals surface area contributed by atoms with Gasteiger partial charge in [-0.25, -0.2) is 4.98 Å². The average Bonchev–Trinajstić information content (AvgIpc) is 2.29. The molecule has 0 amide bonds. The largest absolute Gasteiger partial charge is 0.373 e. The van der Waals surface area contributed by atoms with Crippen molar-refractivity contribution in [1.82, 2.24) is 4.98 Å². The smallest absolute Gasteiger partial charge is 0.128 e. The summed E-state index contributed by atoms with van der Waals surface area (Å²) >= 11 is 1.98. The molecule has 1 aliphatic carbocycles. The van der Waals surface area contributed by atoms with Crippen molar-refractivity contribution in [2.45, 2.75) is 24.0 Å². The lowest BCUT2D eigenvalue weighted by Gasteiger charge is -2.40. The van der Waals surface area contributed by atoms with Crippen LogP contribution in [0.2, 0.25) is 0 Å². The third-order valence-electron chi connectivity index (χ3n) is 3.29. The molecule has 1 fully saturated rings. The van der Waals surface area contributed by atoms with Crippen LogP contribution in [0, 0.1) is 0 Å². The number of aromatic nitrogens is 1. The van der Waals surface area contributed by atoms with Crippen molar-refractivity contribution in [2.75, 3.05) is 30.5 Å². The highest BCUT2D eigenvalue weighted by molar-refractivity contribution is 8.00. The van der Waals surface area contributed by atoms with Crippen molar-refractivity contribution in [1.29, 1.82) is 0 Å². The molecule has 0 aromatic carbocycles. The number of nitrogens with one attached hydrogen (secondary N) is 2. The molecule has 0 radical (unpaired) electrons. The third-order valence-corrected chi connectivity index (χ3v) is 4.71. The van der Waals surface area contributed by atoms with Crippen molar-refractivity contribution in [3.8, 4) is 0 Å². The number of hydrogen-bond acceptors (Lipinski definition) is 4. The van der Waals surface area contributed by atoms with E-state index in [4.69, 9.17) is 0 Å². The Morgan fingerprint density at radius 1 is 1.38 bits per heavy atom. The maximum absolute atomic E-state index is 4.46. The summed E-state index contributed by atoms with van der Waals surface area (Å²) in [5.41, 5.74) is 0. The fourth-order valence-corrected chi connectivity index (χ4v) is 2.86. The number of pyridine rings is 1. The van der Waals surface area contributed by atoms with Crippen LogP contribution in [0.4, 0.5) is 11.6 Å². The van der Waals surface area contributed by atoms with Crippen molar-refractivity contribution < 1.29 is 0 Å². The molecule has 0 atom stereocenters. The molecule has 1 aromatic heterocycles. The summed E-state index contributed by atoms with van der Waals surface area (Å²) in [6.45, 7) is 1.02. The average molecular weight is 237 g/mol. The number of rotatable bonds is 5. The van der Waals surface area contributed by atoms with Gasteiger partial charge in [0.2, 0.25) is 0 Å². The maximum atomic E-state index is 4.46. The maximum Gasteiger partial charge on any atom is 0.128 e. The molecule has 1 saturated carbocycles. The van der Waals surface area contributed by atoms with E-state index in [2.05, 4.69) is 21.9 Å². The highest BCUT2D eigenvalue weighted by atomic mass is 32.2. The van der Waals surface area contributed by atoms with Crippen LogP contribution in [-0.2, 0) is 0 Å². The van der Waals surface area contributed by atoms with Gasteiger partial charge < -0.3 is 10.6 Å². The summed E-state index contributed by atoms with van der Waals surface area (Å²) in [6.07, 6.45) is 6.23. The monoisotopic (exact) mass is 237 g/mol. The minimum atomic E-state index is 0.456. The molecule has 16 heavy (non-hydrogen) atoms. The van der Waals surface area contributed by atoms with E-state index in [0.29, 0.717) is 4.75 Å². The number of hydrogen-bond donors (Lipinski definition) is 2. The van der Waals surface area contributed by atoms with Crippen molar-refractivity contribution in [2.24, 2.45) is 0 Å². The second kappa shape index (κ2) is 4.95. The topological polar surface area (TPSA) is 37.0 Å². The van der Waals surface area contributed by atoms with E-state index in [1.165, 1.54) is 19.3 Å². The fraction of sp³-hybridized carbons (Fsp3) is 0.583. The van der Waals surface area contributed by atoms with Crippen LogP contribution in [-0.4, -0.2) is 29.6 Å². The molecule has 2 N–H and O–H groups in total. The first kappa shape index (κ1) is 11.6. The lowest BCUT2D eigenvalue weighted by molar-refractivity contribution is 0.379. The Balaban J connectivity index is 1.93. The second-order valence-corrected chi connectivity index (χ2v) is 5.53. The Hall–Kier alpha value is -0.900. The highest BCUT2D eigenvalue weighted by Gasteiger charge is 2.35. The van der Waals surface area contributed by atoms with Gasteiger partial charge in [-0.15, -0.1) is 0 Å². The minimum absolute atomic E-state index is 0.456. The van der Waals surface area contributed by atoms with Crippen molar-refractivity contribution in [3.63, 3.8) is 0 Å². The predicted octanol–water partition coefficient (Wildman–Crippen LogP) is 2.82. The SMILES string of the molecule is CNc1cccc(NCC2(SC)CCC2)n1. The molecule has 0 saturated heterocycles. The van der Waals surface area contributed by atoms with Crippen LogP contribution >= 0.6 is 11.8 Å². The van der Waals surface area contributed by atoms with Crippen LogP contribution in [0.15, 0.2) is 18.2 Å². The normalized spacial score (nSPS) is 17.6. The molecule has 0 bridgehead atoms. The summed E-state index contributed by atoms with van der Waals surface area (Å²) in [5.74, 6) is 1.88. The van der Waals surface area contributed by atoms with Crippen LogP contribution in [0.3, 0.4) is 0 Å². The van der Waals surface area contributed by atoms with Crippen molar-refractivity contribution in [3.05, 3.63) is 18.2 Å². The van der Waals surface area contributed by atoms with E-state index in [-0.39, 0.29) is 0 Å². The molecule has 88 valence electrons. The van der Waals surface area contributed by atoms with Gasteiger partial charge in [0.15, 0.2) is 0 Å². The summed E-state index contributed by atoms with van der Waals surface area (Å²) in [7, 11) is 1.89. The minimum Gasteiger partial charge on any atom is -0.373 e. The van der Waals surface area contributed by atoms with Gasteiger partial charge in [0.1, 0.15) is 11.6 Å². The van der Waals surface area contributed by atoms with Gasteiger partial charge in [0, 0.05) is 18.3 Å². The van der Waals surface area contributed by atoms with Gasteiger partial charge in [-0.1, -0.05) is 12.5 Å². The second-order valence-electron chi connectivity index (χ2n) is 4.25. The van der Waals surface area contributed by atoms with Gasteiger partial charge in [-0.05, 0) is 31.2 Å². The zero-order valence-electron chi connectivity index (χ0n) is 9.92. The molecule has 1 heterocycles. The van der Waals surface area contributed by atoms with E-state index < -0.39 is 0 Å². The van der Waals surface area contributed by atoms with Gasteiger partial charge in [-0.3, -0.25) is 0 Å². The van der Waals surface area contributed by atoms with E-state index in [9.17, 15) is 0 Å². The van der Waals surface area contributed by atoms with Crippen LogP contribution in [0.5, 0.6) is 0 Å². The quantitative estimate of drug-likeness (QED) is 0.825.